The van der Waals surface area contributed by atoms with Crippen LogP contribution in [0.15, 0.2) is 18.2 Å². The van der Waals surface area contributed by atoms with Crippen LogP contribution in [0, 0.1) is 12.3 Å². The summed E-state index contributed by atoms with van der Waals surface area (Å²) >= 11 is 0. The lowest BCUT2D eigenvalue weighted by molar-refractivity contribution is -0.274. The molecule has 1 rings (SSSR count). The highest BCUT2D eigenvalue weighted by Gasteiger charge is 2.32. The van der Waals surface area contributed by atoms with Gasteiger partial charge in [0.15, 0.2) is 6.29 Å². The van der Waals surface area contributed by atoms with E-state index >= 15 is 0 Å². The van der Waals surface area contributed by atoms with Gasteiger partial charge < -0.3 is 4.74 Å². The van der Waals surface area contributed by atoms with Crippen molar-refractivity contribution in [3.8, 4) is 18.1 Å². The maximum absolute atomic E-state index is 11.9. The molecule has 1 aromatic rings. The topological polar surface area (TPSA) is 26.3 Å². The Hall–Kier alpha value is -1.96. The molecular weight excluding hydrogens is 209 g/mol. The average Bonchev–Trinajstić information content (AvgIpc) is 2.16. The van der Waals surface area contributed by atoms with Gasteiger partial charge in [0.2, 0.25) is 0 Å². The molecule has 0 radical (unpaired) electrons. The number of carbonyl (C=O) groups excluding carboxylic acids is 1. The maximum atomic E-state index is 11.9. The second-order valence-corrected chi connectivity index (χ2v) is 2.56. The first-order chi connectivity index (χ1) is 6.96. The zero-order chi connectivity index (χ0) is 11.5. The molecule has 0 amide bonds. The smallest absolute Gasteiger partial charge is 0.405 e. The SMILES string of the molecule is C#Cc1ccc(OC(F)(F)F)c(C=O)c1. The predicted molar refractivity (Wildman–Crippen MR) is 46.4 cm³/mol. The first-order valence-electron chi connectivity index (χ1n) is 3.78. The highest BCUT2D eigenvalue weighted by molar-refractivity contribution is 5.80. The summed E-state index contributed by atoms with van der Waals surface area (Å²) in [4.78, 5) is 10.5. The van der Waals surface area contributed by atoms with E-state index in [1.54, 1.807) is 0 Å². The van der Waals surface area contributed by atoms with E-state index in [2.05, 4.69) is 10.7 Å². The molecule has 0 aliphatic carbocycles. The fraction of sp³-hybridized carbons (Fsp3) is 0.100. The third kappa shape index (κ3) is 3.02. The lowest BCUT2D eigenvalue weighted by Crippen LogP contribution is -2.18. The minimum absolute atomic E-state index is 0.234. The lowest BCUT2D eigenvalue weighted by Gasteiger charge is -2.10. The normalized spacial score (nSPS) is 10.5. The number of ether oxygens (including phenoxy) is 1. The van der Waals surface area contributed by atoms with Crippen LogP contribution in [0.4, 0.5) is 13.2 Å². The number of aldehydes is 1. The van der Waals surface area contributed by atoms with Crippen molar-refractivity contribution in [1.29, 1.82) is 0 Å². The Kier molecular flexibility index (Phi) is 3.00. The van der Waals surface area contributed by atoms with Crippen LogP contribution in [0.1, 0.15) is 15.9 Å². The molecule has 0 aromatic heterocycles. The van der Waals surface area contributed by atoms with E-state index in [4.69, 9.17) is 6.42 Å². The van der Waals surface area contributed by atoms with E-state index in [1.165, 1.54) is 6.07 Å². The molecule has 0 saturated heterocycles. The molecule has 0 heterocycles. The number of benzene rings is 1. The number of rotatable bonds is 2. The summed E-state index contributed by atoms with van der Waals surface area (Å²) in [6, 6.07) is 3.41. The van der Waals surface area contributed by atoms with E-state index in [0.29, 0.717) is 5.56 Å². The monoisotopic (exact) mass is 214 g/mol. The molecule has 1 aromatic carbocycles. The van der Waals surface area contributed by atoms with Gasteiger partial charge in [0.05, 0.1) is 5.56 Å². The van der Waals surface area contributed by atoms with Crippen molar-refractivity contribution in [3.05, 3.63) is 29.3 Å². The molecule has 0 unspecified atom stereocenters. The quantitative estimate of drug-likeness (QED) is 0.558. The second kappa shape index (κ2) is 4.05. The van der Waals surface area contributed by atoms with Gasteiger partial charge in [-0.25, -0.2) is 0 Å². The number of halogens is 3. The van der Waals surface area contributed by atoms with Crippen LogP contribution in [0.25, 0.3) is 0 Å². The number of terminal acetylenes is 1. The molecular formula is C10H5F3O2. The summed E-state index contributed by atoms with van der Waals surface area (Å²) in [7, 11) is 0. The van der Waals surface area contributed by atoms with Gasteiger partial charge >= 0.3 is 6.36 Å². The molecule has 0 aliphatic rings. The minimum atomic E-state index is -4.82. The fourth-order valence-corrected chi connectivity index (χ4v) is 0.948. The van der Waals surface area contributed by atoms with E-state index in [1.807, 2.05) is 0 Å². The summed E-state index contributed by atoms with van der Waals surface area (Å²) < 4.78 is 39.2. The predicted octanol–water partition coefficient (Wildman–Crippen LogP) is 2.38. The van der Waals surface area contributed by atoms with Crippen molar-refractivity contribution >= 4 is 6.29 Å². The summed E-state index contributed by atoms with van der Waals surface area (Å²) in [5.41, 5.74) is 0.0781. The molecule has 0 bridgehead atoms. The van der Waals surface area contributed by atoms with Gasteiger partial charge in [-0.2, -0.15) is 0 Å². The van der Waals surface area contributed by atoms with Crippen LogP contribution in [0.3, 0.4) is 0 Å². The van der Waals surface area contributed by atoms with Crippen LogP contribution in [0.5, 0.6) is 5.75 Å². The molecule has 0 spiro atoms. The maximum Gasteiger partial charge on any atom is 0.573 e. The van der Waals surface area contributed by atoms with Crippen LogP contribution in [-0.2, 0) is 0 Å². The number of alkyl halides is 3. The van der Waals surface area contributed by atoms with Crippen molar-refractivity contribution in [2.45, 2.75) is 6.36 Å². The molecule has 0 aliphatic heterocycles. The molecule has 5 heteroatoms. The van der Waals surface area contributed by atoms with Gasteiger partial charge in [0.25, 0.3) is 0 Å². The third-order valence-electron chi connectivity index (χ3n) is 1.53. The van der Waals surface area contributed by atoms with Crippen molar-refractivity contribution in [3.63, 3.8) is 0 Å². The average molecular weight is 214 g/mol. The fourth-order valence-electron chi connectivity index (χ4n) is 0.948. The standard InChI is InChI=1S/C10H5F3O2/c1-2-7-3-4-9(8(5-7)6-14)15-10(11,12)13/h1,3-6H. The van der Waals surface area contributed by atoms with E-state index in [0.717, 1.165) is 12.1 Å². The van der Waals surface area contributed by atoms with Crippen molar-refractivity contribution in [2.24, 2.45) is 0 Å². The van der Waals surface area contributed by atoms with Crippen molar-refractivity contribution in [2.75, 3.05) is 0 Å². The molecule has 15 heavy (non-hydrogen) atoms. The van der Waals surface area contributed by atoms with E-state index < -0.39 is 12.1 Å². The summed E-state index contributed by atoms with van der Waals surface area (Å²) in [5.74, 6) is 1.64. The van der Waals surface area contributed by atoms with Gasteiger partial charge in [-0.1, -0.05) is 5.92 Å². The van der Waals surface area contributed by atoms with Crippen LogP contribution in [0.2, 0.25) is 0 Å². The van der Waals surface area contributed by atoms with Gasteiger partial charge in [-0.15, -0.1) is 19.6 Å². The Bertz CT molecular complexity index is 416. The lowest BCUT2D eigenvalue weighted by atomic mass is 10.1. The van der Waals surface area contributed by atoms with Gasteiger partial charge in [-0.3, -0.25) is 4.79 Å². The Labute approximate surface area is 83.7 Å². The van der Waals surface area contributed by atoms with Gasteiger partial charge in [-0.05, 0) is 18.2 Å². The van der Waals surface area contributed by atoms with Gasteiger partial charge in [0.1, 0.15) is 5.75 Å². The molecule has 0 fully saturated rings. The molecule has 2 nitrogen and oxygen atoms in total. The zero-order valence-corrected chi connectivity index (χ0v) is 7.34. The summed E-state index contributed by atoms with van der Waals surface area (Å²) in [6.07, 6.45) is 0.450. The minimum Gasteiger partial charge on any atom is -0.405 e. The summed E-state index contributed by atoms with van der Waals surface area (Å²) in [5, 5.41) is 0. The zero-order valence-electron chi connectivity index (χ0n) is 7.34. The second-order valence-electron chi connectivity index (χ2n) is 2.56. The Morgan fingerprint density at radius 2 is 2.07 bits per heavy atom. The first kappa shape index (κ1) is 11.1. The molecule has 0 atom stereocenters. The van der Waals surface area contributed by atoms with Crippen LogP contribution < -0.4 is 4.74 Å². The third-order valence-corrected chi connectivity index (χ3v) is 1.53. The highest BCUT2D eigenvalue weighted by Crippen LogP contribution is 2.25. The highest BCUT2D eigenvalue weighted by atomic mass is 19.4. The van der Waals surface area contributed by atoms with E-state index in [9.17, 15) is 18.0 Å². The number of hydrogen-bond donors (Lipinski definition) is 0. The summed E-state index contributed by atoms with van der Waals surface area (Å²) in [6.45, 7) is 0. The molecule has 0 saturated carbocycles. The Balaban J connectivity index is 3.10. The Morgan fingerprint density at radius 1 is 1.40 bits per heavy atom. The van der Waals surface area contributed by atoms with E-state index in [-0.39, 0.29) is 11.8 Å². The van der Waals surface area contributed by atoms with Gasteiger partial charge in [0, 0.05) is 5.56 Å². The Morgan fingerprint density at radius 3 is 2.53 bits per heavy atom. The van der Waals surface area contributed by atoms with Crippen LogP contribution in [-0.4, -0.2) is 12.6 Å². The molecule has 78 valence electrons. The van der Waals surface area contributed by atoms with Crippen LogP contribution >= 0.6 is 0 Å². The molecule has 0 N–H and O–H groups in total. The number of carbonyl (C=O) groups is 1. The van der Waals surface area contributed by atoms with Crippen molar-refractivity contribution < 1.29 is 22.7 Å². The number of hydrogen-bond acceptors (Lipinski definition) is 2. The largest absolute Gasteiger partial charge is 0.573 e. The first-order valence-corrected chi connectivity index (χ1v) is 3.78. The van der Waals surface area contributed by atoms with Crippen molar-refractivity contribution in [1.82, 2.24) is 0 Å².